The Balaban J connectivity index is 2.50. The molecule has 8 heteroatoms. The van der Waals surface area contributed by atoms with Crippen LogP contribution in [0.25, 0.3) is 0 Å². The molecule has 1 N–H and O–H groups in total. The van der Waals surface area contributed by atoms with Gasteiger partial charge in [0, 0.05) is 30.2 Å². The van der Waals surface area contributed by atoms with E-state index in [0.29, 0.717) is 36.2 Å². The molecule has 0 unspecified atom stereocenters. The Hall–Kier alpha value is -0.960. The van der Waals surface area contributed by atoms with Crippen molar-refractivity contribution in [2.24, 2.45) is 5.92 Å². The SMILES string of the molecule is CCOC(=O)[C@H](CS)NCSCC(=O)[C@@H](CSC(C)=O)Cc1ccccc1. The van der Waals surface area contributed by atoms with Gasteiger partial charge in [-0.25, -0.2) is 0 Å². The minimum absolute atomic E-state index is 0.0150. The smallest absolute Gasteiger partial charge is 0.323 e. The standard InChI is InChI=1S/C19H27NO4S3/c1-3-24-19(23)17(10-25)20-13-26-12-18(22)16(11-27-14(2)21)9-15-7-5-4-6-8-15/h4-8,16-17,20,25H,3,9-13H2,1-2H3/t16-,17+/m1/s1. The van der Waals surface area contributed by atoms with Crippen molar-refractivity contribution in [3.8, 4) is 0 Å². The van der Waals surface area contributed by atoms with Gasteiger partial charge in [-0.2, -0.15) is 12.6 Å². The lowest BCUT2D eigenvalue weighted by atomic mass is 9.98. The van der Waals surface area contributed by atoms with E-state index < -0.39 is 6.04 Å². The predicted molar refractivity (Wildman–Crippen MR) is 117 cm³/mol. The van der Waals surface area contributed by atoms with Crippen LogP contribution in [0.5, 0.6) is 0 Å². The van der Waals surface area contributed by atoms with Crippen LogP contribution in [0.2, 0.25) is 0 Å². The fourth-order valence-electron chi connectivity index (χ4n) is 2.28. The number of thiol groups is 1. The Morgan fingerprint density at radius 1 is 1.22 bits per heavy atom. The summed E-state index contributed by atoms with van der Waals surface area (Å²) in [4.78, 5) is 35.6. The number of esters is 1. The van der Waals surface area contributed by atoms with Crippen molar-refractivity contribution < 1.29 is 19.1 Å². The minimum atomic E-state index is -0.482. The van der Waals surface area contributed by atoms with Gasteiger partial charge in [-0.3, -0.25) is 19.7 Å². The molecule has 1 aromatic carbocycles. The number of carbonyl (C=O) groups excluding carboxylic acids is 3. The summed E-state index contributed by atoms with van der Waals surface area (Å²) in [6.45, 7) is 3.60. The molecule has 27 heavy (non-hydrogen) atoms. The normalized spacial score (nSPS) is 13.0. The Morgan fingerprint density at radius 2 is 1.93 bits per heavy atom. The van der Waals surface area contributed by atoms with Gasteiger partial charge in [-0.05, 0) is 18.9 Å². The Morgan fingerprint density at radius 3 is 2.52 bits per heavy atom. The van der Waals surface area contributed by atoms with Crippen LogP contribution in [0, 0.1) is 5.92 Å². The molecule has 0 fully saturated rings. The van der Waals surface area contributed by atoms with E-state index in [1.165, 1.54) is 30.4 Å². The zero-order valence-electron chi connectivity index (χ0n) is 15.7. The van der Waals surface area contributed by atoms with Crippen molar-refractivity contribution in [3.63, 3.8) is 0 Å². The number of thioether (sulfide) groups is 2. The van der Waals surface area contributed by atoms with E-state index in [1.807, 2.05) is 30.3 Å². The number of benzene rings is 1. The van der Waals surface area contributed by atoms with Crippen molar-refractivity contribution in [3.05, 3.63) is 35.9 Å². The molecule has 0 bridgehead atoms. The third-order valence-corrected chi connectivity index (χ3v) is 5.90. The van der Waals surface area contributed by atoms with E-state index in [4.69, 9.17) is 4.74 Å². The van der Waals surface area contributed by atoms with Gasteiger partial charge in [0.2, 0.25) is 0 Å². The number of Topliss-reactive ketones (excluding diaryl/α,β-unsaturated/α-hetero) is 1. The summed E-state index contributed by atoms with van der Waals surface area (Å²) in [5, 5.41) is 3.06. The second-order valence-electron chi connectivity index (χ2n) is 5.84. The lowest BCUT2D eigenvalue weighted by molar-refractivity contribution is -0.144. The van der Waals surface area contributed by atoms with E-state index in [-0.39, 0.29) is 22.8 Å². The van der Waals surface area contributed by atoms with Gasteiger partial charge in [0.15, 0.2) is 5.12 Å². The topological polar surface area (TPSA) is 72.5 Å². The molecule has 0 aromatic heterocycles. The second-order valence-corrected chi connectivity index (χ2v) is 8.39. The number of ketones is 1. The highest BCUT2D eigenvalue weighted by Crippen LogP contribution is 2.18. The van der Waals surface area contributed by atoms with Crippen molar-refractivity contribution in [1.82, 2.24) is 5.32 Å². The number of rotatable bonds is 13. The third kappa shape index (κ3) is 10.2. The largest absolute Gasteiger partial charge is 0.465 e. The van der Waals surface area contributed by atoms with Crippen LogP contribution in [0.4, 0.5) is 0 Å². The molecule has 0 amide bonds. The second kappa shape index (κ2) is 14.1. The molecule has 0 radical (unpaired) electrons. The van der Waals surface area contributed by atoms with E-state index in [2.05, 4.69) is 17.9 Å². The van der Waals surface area contributed by atoms with E-state index in [0.717, 1.165) is 5.56 Å². The molecule has 0 spiro atoms. The van der Waals surface area contributed by atoms with Crippen molar-refractivity contribution in [2.75, 3.05) is 29.7 Å². The molecule has 0 aliphatic rings. The average molecular weight is 430 g/mol. The van der Waals surface area contributed by atoms with E-state index in [1.54, 1.807) is 6.92 Å². The molecule has 0 aliphatic carbocycles. The number of carbonyl (C=O) groups is 3. The summed E-state index contributed by atoms with van der Waals surface area (Å²) in [7, 11) is 0. The molecule has 5 nitrogen and oxygen atoms in total. The highest BCUT2D eigenvalue weighted by atomic mass is 32.2. The maximum atomic E-state index is 12.6. The van der Waals surface area contributed by atoms with Gasteiger partial charge in [-0.1, -0.05) is 42.1 Å². The van der Waals surface area contributed by atoms with Crippen LogP contribution in [0.1, 0.15) is 19.4 Å². The van der Waals surface area contributed by atoms with Gasteiger partial charge in [-0.15, -0.1) is 11.8 Å². The first-order chi connectivity index (χ1) is 13.0. The molecule has 2 atom stereocenters. The highest BCUT2D eigenvalue weighted by Gasteiger charge is 2.21. The fourth-order valence-corrected chi connectivity index (χ4v) is 4.15. The van der Waals surface area contributed by atoms with Crippen molar-refractivity contribution >= 4 is 53.0 Å². The molecule has 0 aliphatic heterocycles. The van der Waals surface area contributed by atoms with E-state index >= 15 is 0 Å². The minimum Gasteiger partial charge on any atom is -0.465 e. The first kappa shape index (κ1) is 24.1. The summed E-state index contributed by atoms with van der Waals surface area (Å²) >= 11 is 6.76. The lowest BCUT2D eigenvalue weighted by Gasteiger charge is -2.17. The first-order valence-electron chi connectivity index (χ1n) is 8.76. The quantitative estimate of drug-likeness (QED) is 0.216. The van der Waals surface area contributed by atoms with Crippen LogP contribution < -0.4 is 5.32 Å². The number of nitrogens with one attached hydrogen (secondary N) is 1. The molecule has 0 saturated carbocycles. The van der Waals surface area contributed by atoms with Gasteiger partial charge in [0.25, 0.3) is 0 Å². The molecular formula is C19H27NO4S3. The Labute approximate surface area is 175 Å². The van der Waals surface area contributed by atoms with Gasteiger partial charge < -0.3 is 4.74 Å². The summed E-state index contributed by atoms with van der Waals surface area (Å²) in [6.07, 6.45) is 0.621. The van der Waals surface area contributed by atoms with Crippen molar-refractivity contribution in [1.29, 1.82) is 0 Å². The number of hydrogen-bond acceptors (Lipinski definition) is 8. The maximum Gasteiger partial charge on any atom is 0.323 e. The lowest BCUT2D eigenvalue weighted by Crippen LogP contribution is -2.39. The van der Waals surface area contributed by atoms with E-state index in [9.17, 15) is 14.4 Å². The van der Waals surface area contributed by atoms with Gasteiger partial charge in [0.05, 0.1) is 12.4 Å². The predicted octanol–water partition coefficient (Wildman–Crippen LogP) is 2.84. The summed E-state index contributed by atoms with van der Waals surface area (Å²) in [6, 6.07) is 9.33. The molecule has 1 rings (SSSR count). The van der Waals surface area contributed by atoms with Crippen LogP contribution >= 0.6 is 36.2 Å². The average Bonchev–Trinajstić information content (AvgIpc) is 2.65. The van der Waals surface area contributed by atoms with Crippen LogP contribution in [0.15, 0.2) is 30.3 Å². The van der Waals surface area contributed by atoms with Gasteiger partial charge in [0.1, 0.15) is 11.8 Å². The van der Waals surface area contributed by atoms with Crippen LogP contribution in [-0.4, -0.2) is 52.7 Å². The maximum absolute atomic E-state index is 12.6. The summed E-state index contributed by atoms with van der Waals surface area (Å²) in [5.74, 6) is 1.16. The van der Waals surface area contributed by atoms with Crippen LogP contribution in [0.3, 0.4) is 0 Å². The highest BCUT2D eigenvalue weighted by molar-refractivity contribution is 8.13. The Bertz CT molecular complexity index is 598. The molecule has 0 heterocycles. The zero-order valence-corrected chi connectivity index (χ0v) is 18.2. The third-order valence-electron chi connectivity index (χ3n) is 3.70. The molecule has 1 aromatic rings. The summed E-state index contributed by atoms with van der Waals surface area (Å²) in [5.41, 5.74) is 1.08. The summed E-state index contributed by atoms with van der Waals surface area (Å²) < 4.78 is 4.97. The Kier molecular flexibility index (Phi) is 12.6. The molecule has 150 valence electrons. The first-order valence-corrected chi connectivity index (χ1v) is 11.5. The fraction of sp³-hybridized carbons (Fsp3) is 0.526. The molecule has 0 saturated heterocycles. The number of ether oxygens (including phenoxy) is 1. The zero-order chi connectivity index (χ0) is 20.1. The van der Waals surface area contributed by atoms with Crippen molar-refractivity contribution in [2.45, 2.75) is 26.3 Å². The number of hydrogen-bond donors (Lipinski definition) is 2. The monoisotopic (exact) mass is 429 g/mol. The van der Waals surface area contributed by atoms with Crippen LogP contribution in [-0.2, 0) is 25.5 Å². The van der Waals surface area contributed by atoms with Gasteiger partial charge >= 0.3 is 5.97 Å². The molecular weight excluding hydrogens is 402 g/mol.